The SMILES string of the molecule is C=C(COc1c(OC)cc(C)cc1OC)C(=O)OCC. The Morgan fingerprint density at radius 2 is 1.75 bits per heavy atom. The van der Waals surface area contributed by atoms with E-state index in [9.17, 15) is 4.79 Å². The van der Waals surface area contributed by atoms with Gasteiger partial charge in [-0.15, -0.1) is 0 Å². The molecule has 0 radical (unpaired) electrons. The van der Waals surface area contributed by atoms with Gasteiger partial charge in [-0.25, -0.2) is 4.79 Å². The lowest BCUT2D eigenvalue weighted by Crippen LogP contribution is -2.13. The van der Waals surface area contributed by atoms with Crippen molar-refractivity contribution in [3.63, 3.8) is 0 Å². The van der Waals surface area contributed by atoms with E-state index < -0.39 is 5.97 Å². The highest BCUT2D eigenvalue weighted by molar-refractivity contribution is 5.88. The van der Waals surface area contributed by atoms with Crippen molar-refractivity contribution in [2.24, 2.45) is 0 Å². The number of aryl methyl sites for hydroxylation is 1. The zero-order valence-corrected chi connectivity index (χ0v) is 12.3. The van der Waals surface area contributed by atoms with E-state index in [4.69, 9.17) is 18.9 Å². The maximum atomic E-state index is 11.5. The molecule has 0 amide bonds. The normalized spacial score (nSPS) is 9.80. The van der Waals surface area contributed by atoms with Gasteiger partial charge in [-0.05, 0) is 31.5 Å². The van der Waals surface area contributed by atoms with Crippen LogP contribution in [0.5, 0.6) is 17.2 Å². The van der Waals surface area contributed by atoms with Gasteiger partial charge in [0, 0.05) is 0 Å². The van der Waals surface area contributed by atoms with E-state index in [1.165, 1.54) is 0 Å². The highest BCUT2D eigenvalue weighted by Gasteiger charge is 2.15. The quantitative estimate of drug-likeness (QED) is 0.567. The van der Waals surface area contributed by atoms with Crippen LogP contribution in [0.4, 0.5) is 0 Å². The minimum Gasteiger partial charge on any atom is -0.493 e. The van der Waals surface area contributed by atoms with Crippen LogP contribution in [0.3, 0.4) is 0 Å². The van der Waals surface area contributed by atoms with Crippen molar-refractivity contribution in [3.8, 4) is 17.2 Å². The van der Waals surface area contributed by atoms with Gasteiger partial charge in [0.05, 0.1) is 26.4 Å². The lowest BCUT2D eigenvalue weighted by atomic mass is 10.2. The van der Waals surface area contributed by atoms with Gasteiger partial charge in [0.25, 0.3) is 0 Å². The Bertz CT molecular complexity index is 468. The molecule has 0 aromatic heterocycles. The Labute approximate surface area is 119 Å². The molecule has 1 aromatic carbocycles. The molecule has 0 bridgehead atoms. The van der Waals surface area contributed by atoms with E-state index >= 15 is 0 Å². The first kappa shape index (κ1) is 15.9. The van der Waals surface area contributed by atoms with Crippen LogP contribution in [-0.2, 0) is 9.53 Å². The maximum Gasteiger partial charge on any atom is 0.336 e. The molecular formula is C15H20O5. The fourth-order valence-electron chi connectivity index (χ4n) is 1.60. The molecule has 0 spiro atoms. The van der Waals surface area contributed by atoms with Crippen LogP contribution in [0.25, 0.3) is 0 Å². The Morgan fingerprint density at radius 3 is 2.20 bits per heavy atom. The molecule has 0 atom stereocenters. The molecule has 0 fully saturated rings. The molecule has 1 rings (SSSR count). The number of esters is 1. The molecule has 0 aliphatic heterocycles. The van der Waals surface area contributed by atoms with Crippen LogP contribution in [0.2, 0.25) is 0 Å². The maximum absolute atomic E-state index is 11.5. The van der Waals surface area contributed by atoms with Gasteiger partial charge < -0.3 is 18.9 Å². The molecule has 0 aliphatic carbocycles. The Morgan fingerprint density at radius 1 is 1.20 bits per heavy atom. The number of methoxy groups -OCH3 is 2. The van der Waals surface area contributed by atoms with Crippen molar-refractivity contribution >= 4 is 5.97 Å². The minimum absolute atomic E-state index is 0.00855. The highest BCUT2D eigenvalue weighted by Crippen LogP contribution is 2.38. The molecule has 0 saturated carbocycles. The third kappa shape index (κ3) is 3.91. The predicted octanol–water partition coefficient (Wildman–Crippen LogP) is 2.51. The number of carbonyl (C=O) groups is 1. The Hall–Kier alpha value is -2.17. The van der Waals surface area contributed by atoms with Gasteiger partial charge in [0.15, 0.2) is 11.5 Å². The summed E-state index contributed by atoms with van der Waals surface area (Å²) in [5, 5.41) is 0. The summed E-state index contributed by atoms with van der Waals surface area (Å²) < 4.78 is 20.9. The average molecular weight is 280 g/mol. The number of carbonyl (C=O) groups excluding carboxylic acids is 1. The monoisotopic (exact) mass is 280 g/mol. The van der Waals surface area contributed by atoms with Crippen LogP contribution in [0.15, 0.2) is 24.3 Å². The van der Waals surface area contributed by atoms with E-state index in [-0.39, 0.29) is 12.2 Å². The van der Waals surface area contributed by atoms with Crippen molar-refractivity contribution < 1.29 is 23.7 Å². The standard InChI is InChI=1S/C15H20O5/c1-6-19-15(16)11(3)9-20-14-12(17-4)7-10(2)8-13(14)18-5/h7-8H,3,6,9H2,1-2,4-5H3. The third-order valence-corrected chi connectivity index (χ3v) is 2.56. The van der Waals surface area contributed by atoms with Crippen molar-refractivity contribution in [1.82, 2.24) is 0 Å². The molecule has 1 aromatic rings. The second-order valence-electron chi connectivity index (χ2n) is 4.11. The van der Waals surface area contributed by atoms with Crippen LogP contribution < -0.4 is 14.2 Å². The van der Waals surface area contributed by atoms with E-state index in [1.54, 1.807) is 21.1 Å². The smallest absolute Gasteiger partial charge is 0.336 e. The fraction of sp³-hybridized carbons (Fsp3) is 0.400. The van der Waals surface area contributed by atoms with Gasteiger partial charge in [-0.1, -0.05) is 6.58 Å². The van der Waals surface area contributed by atoms with E-state index in [2.05, 4.69) is 6.58 Å². The second kappa shape index (κ2) is 7.43. The van der Waals surface area contributed by atoms with Crippen LogP contribution >= 0.6 is 0 Å². The summed E-state index contributed by atoms with van der Waals surface area (Å²) in [6.45, 7) is 7.60. The van der Waals surface area contributed by atoms with E-state index in [0.717, 1.165) is 5.56 Å². The van der Waals surface area contributed by atoms with Gasteiger partial charge in [0.2, 0.25) is 5.75 Å². The van der Waals surface area contributed by atoms with Crippen LogP contribution in [0, 0.1) is 6.92 Å². The average Bonchev–Trinajstić information content (AvgIpc) is 2.44. The molecular weight excluding hydrogens is 260 g/mol. The van der Waals surface area contributed by atoms with Crippen molar-refractivity contribution in [3.05, 3.63) is 29.8 Å². The first-order valence-electron chi connectivity index (χ1n) is 6.23. The highest BCUT2D eigenvalue weighted by atomic mass is 16.5. The van der Waals surface area contributed by atoms with Crippen molar-refractivity contribution in [2.45, 2.75) is 13.8 Å². The van der Waals surface area contributed by atoms with Gasteiger partial charge in [-0.2, -0.15) is 0 Å². The molecule has 0 aliphatic rings. The summed E-state index contributed by atoms with van der Waals surface area (Å²) >= 11 is 0. The van der Waals surface area contributed by atoms with Crippen molar-refractivity contribution in [2.75, 3.05) is 27.4 Å². The number of benzene rings is 1. The Balaban J connectivity index is 2.86. The van der Waals surface area contributed by atoms with Gasteiger partial charge >= 0.3 is 5.97 Å². The molecule has 5 heteroatoms. The fourth-order valence-corrected chi connectivity index (χ4v) is 1.60. The zero-order valence-electron chi connectivity index (χ0n) is 12.3. The minimum atomic E-state index is -0.474. The molecule has 0 N–H and O–H groups in total. The molecule has 20 heavy (non-hydrogen) atoms. The van der Waals surface area contributed by atoms with Crippen LogP contribution in [0.1, 0.15) is 12.5 Å². The second-order valence-corrected chi connectivity index (χ2v) is 4.11. The summed E-state index contributed by atoms with van der Waals surface area (Å²) in [7, 11) is 3.09. The summed E-state index contributed by atoms with van der Waals surface area (Å²) in [6, 6.07) is 3.65. The largest absolute Gasteiger partial charge is 0.493 e. The molecule has 0 unspecified atom stereocenters. The summed E-state index contributed by atoms with van der Waals surface area (Å²) in [6.07, 6.45) is 0. The summed E-state index contributed by atoms with van der Waals surface area (Å²) in [5.41, 5.74) is 1.21. The van der Waals surface area contributed by atoms with Crippen LogP contribution in [-0.4, -0.2) is 33.4 Å². The van der Waals surface area contributed by atoms with Gasteiger partial charge in [-0.3, -0.25) is 0 Å². The number of rotatable bonds is 7. The number of hydrogen-bond donors (Lipinski definition) is 0. The topological polar surface area (TPSA) is 54.0 Å². The summed E-state index contributed by atoms with van der Waals surface area (Å²) in [5.74, 6) is 1.04. The van der Waals surface area contributed by atoms with Crippen molar-refractivity contribution in [1.29, 1.82) is 0 Å². The predicted molar refractivity (Wildman–Crippen MR) is 75.6 cm³/mol. The molecule has 0 heterocycles. The first-order valence-corrected chi connectivity index (χ1v) is 6.23. The summed E-state index contributed by atoms with van der Waals surface area (Å²) in [4.78, 5) is 11.5. The molecule has 0 saturated heterocycles. The van der Waals surface area contributed by atoms with E-state index in [0.29, 0.717) is 23.9 Å². The zero-order chi connectivity index (χ0) is 15.1. The van der Waals surface area contributed by atoms with Gasteiger partial charge in [0.1, 0.15) is 6.61 Å². The molecule has 110 valence electrons. The first-order chi connectivity index (χ1) is 9.53. The molecule has 5 nitrogen and oxygen atoms in total. The number of ether oxygens (including phenoxy) is 4. The number of hydrogen-bond acceptors (Lipinski definition) is 5. The third-order valence-electron chi connectivity index (χ3n) is 2.56. The Kier molecular flexibility index (Phi) is 5.90. The van der Waals surface area contributed by atoms with E-state index in [1.807, 2.05) is 19.1 Å². The lowest BCUT2D eigenvalue weighted by Gasteiger charge is -2.15. The lowest BCUT2D eigenvalue weighted by molar-refractivity contribution is -0.138.